The van der Waals surface area contributed by atoms with E-state index in [-0.39, 0.29) is 0 Å². The second-order valence-electron chi connectivity index (χ2n) is 7.49. The van der Waals surface area contributed by atoms with Gasteiger partial charge in [0.2, 0.25) is 0 Å². The van der Waals surface area contributed by atoms with Crippen LogP contribution in [0.5, 0.6) is 0 Å². The Labute approximate surface area is 198 Å². The molecule has 0 fully saturated rings. The van der Waals surface area contributed by atoms with Crippen LogP contribution in [0.2, 0.25) is 0 Å². The van der Waals surface area contributed by atoms with E-state index in [1.165, 1.54) is 12.4 Å². The standard InChI is InChI=1S/C27H26N6O/c28-18-20-6-8-22(9-7-20)26-24(21-4-2-1-3-5-21)11-10-23(33-26)12-13-29-14-17-32-27(34)25-19-30-15-16-31-25/h1-16,19,27,32,34H,17-18,28H2/b13-12-,29-14+. The van der Waals surface area contributed by atoms with Crippen molar-refractivity contribution in [1.82, 2.24) is 20.3 Å². The van der Waals surface area contributed by atoms with E-state index in [2.05, 4.69) is 50.6 Å². The number of benzene rings is 2. The largest absolute Gasteiger partial charge is 0.373 e. The van der Waals surface area contributed by atoms with Gasteiger partial charge in [0.05, 0.1) is 17.6 Å². The van der Waals surface area contributed by atoms with Crippen LogP contribution in [0, 0.1) is 0 Å². The zero-order valence-corrected chi connectivity index (χ0v) is 18.6. The van der Waals surface area contributed by atoms with Crippen molar-refractivity contribution in [2.24, 2.45) is 10.7 Å². The summed E-state index contributed by atoms with van der Waals surface area (Å²) < 4.78 is 0. The Kier molecular flexibility index (Phi) is 7.97. The summed E-state index contributed by atoms with van der Waals surface area (Å²) in [5.74, 6) is 0. The highest BCUT2D eigenvalue weighted by Crippen LogP contribution is 2.31. The topological polar surface area (TPSA) is 109 Å². The third kappa shape index (κ3) is 6.05. The quantitative estimate of drug-likeness (QED) is 0.263. The van der Waals surface area contributed by atoms with Crippen molar-refractivity contribution in [3.63, 3.8) is 0 Å². The van der Waals surface area contributed by atoms with Gasteiger partial charge < -0.3 is 10.8 Å². The molecule has 0 aliphatic rings. The van der Waals surface area contributed by atoms with Crippen molar-refractivity contribution in [2.75, 3.05) is 6.54 Å². The molecular weight excluding hydrogens is 424 g/mol. The minimum absolute atomic E-state index is 0.376. The Hall–Kier alpha value is -4.04. The molecule has 0 aliphatic carbocycles. The van der Waals surface area contributed by atoms with Gasteiger partial charge in [-0.05, 0) is 23.3 Å². The molecule has 7 heteroatoms. The first-order chi connectivity index (χ1) is 16.7. The minimum Gasteiger partial charge on any atom is -0.373 e. The number of aliphatic imine (C=N–C) groups is 1. The summed E-state index contributed by atoms with van der Waals surface area (Å²) in [6, 6.07) is 22.4. The highest BCUT2D eigenvalue weighted by molar-refractivity contribution is 5.81. The molecule has 2 aromatic carbocycles. The maximum absolute atomic E-state index is 10.0. The second-order valence-corrected chi connectivity index (χ2v) is 7.49. The molecule has 2 aromatic heterocycles. The van der Waals surface area contributed by atoms with Crippen LogP contribution in [0.1, 0.15) is 23.2 Å². The molecule has 0 aliphatic heterocycles. The highest BCUT2D eigenvalue weighted by atomic mass is 16.3. The molecule has 170 valence electrons. The number of nitrogens with zero attached hydrogens (tertiary/aromatic N) is 4. The zero-order chi connectivity index (χ0) is 23.6. The van der Waals surface area contributed by atoms with Crippen LogP contribution in [0.15, 0.2) is 96.5 Å². The van der Waals surface area contributed by atoms with E-state index in [1.54, 1.807) is 18.6 Å². The molecule has 1 atom stereocenters. The number of pyridine rings is 1. The van der Waals surface area contributed by atoms with E-state index < -0.39 is 6.23 Å². The van der Waals surface area contributed by atoms with Crippen LogP contribution < -0.4 is 11.1 Å². The van der Waals surface area contributed by atoms with Gasteiger partial charge in [-0.15, -0.1) is 0 Å². The lowest BCUT2D eigenvalue weighted by Crippen LogP contribution is -2.23. The summed E-state index contributed by atoms with van der Waals surface area (Å²) in [5, 5.41) is 12.9. The number of nitrogens with two attached hydrogens (primary N) is 1. The zero-order valence-electron chi connectivity index (χ0n) is 18.6. The molecule has 4 aromatic rings. The minimum atomic E-state index is -0.899. The lowest BCUT2D eigenvalue weighted by atomic mass is 9.98. The lowest BCUT2D eigenvalue weighted by Gasteiger charge is -2.11. The van der Waals surface area contributed by atoms with Crippen LogP contribution in [0.3, 0.4) is 0 Å². The van der Waals surface area contributed by atoms with E-state index in [0.717, 1.165) is 33.6 Å². The van der Waals surface area contributed by atoms with Crippen molar-refractivity contribution in [1.29, 1.82) is 0 Å². The Morgan fingerprint density at radius 3 is 2.53 bits per heavy atom. The van der Waals surface area contributed by atoms with Crippen LogP contribution in [0.25, 0.3) is 28.5 Å². The summed E-state index contributed by atoms with van der Waals surface area (Å²) in [4.78, 5) is 17.2. The molecular formula is C27H26N6O. The molecule has 7 nitrogen and oxygen atoms in total. The van der Waals surface area contributed by atoms with Gasteiger partial charge in [0.25, 0.3) is 0 Å². The van der Waals surface area contributed by atoms with Gasteiger partial charge >= 0.3 is 0 Å². The lowest BCUT2D eigenvalue weighted by molar-refractivity contribution is 0.140. The number of nitrogens with one attached hydrogen (secondary N) is 1. The third-order valence-corrected chi connectivity index (χ3v) is 5.17. The number of rotatable bonds is 9. The first-order valence-corrected chi connectivity index (χ1v) is 11.0. The van der Waals surface area contributed by atoms with Gasteiger partial charge in [0, 0.05) is 49.0 Å². The van der Waals surface area contributed by atoms with Crippen molar-refractivity contribution >= 4 is 12.3 Å². The molecule has 0 amide bonds. The summed E-state index contributed by atoms with van der Waals surface area (Å²) in [7, 11) is 0. The molecule has 34 heavy (non-hydrogen) atoms. The Bertz CT molecular complexity index is 1240. The van der Waals surface area contributed by atoms with Gasteiger partial charge in [0.1, 0.15) is 11.9 Å². The average Bonchev–Trinajstić information content (AvgIpc) is 2.91. The van der Waals surface area contributed by atoms with E-state index in [4.69, 9.17) is 10.7 Å². The second kappa shape index (κ2) is 11.7. The molecule has 0 saturated carbocycles. The molecule has 0 saturated heterocycles. The number of hydrogen-bond donors (Lipinski definition) is 3. The summed E-state index contributed by atoms with van der Waals surface area (Å²) in [6.07, 6.45) is 8.91. The molecule has 4 N–H and O–H groups in total. The summed E-state index contributed by atoms with van der Waals surface area (Å²) >= 11 is 0. The number of aliphatic hydroxyl groups is 1. The van der Waals surface area contributed by atoms with Gasteiger partial charge in [0.15, 0.2) is 0 Å². The predicted octanol–water partition coefficient (Wildman–Crippen LogP) is 3.99. The molecule has 2 heterocycles. The normalized spacial score (nSPS) is 12.4. The molecule has 0 radical (unpaired) electrons. The smallest absolute Gasteiger partial charge is 0.149 e. The third-order valence-electron chi connectivity index (χ3n) is 5.17. The van der Waals surface area contributed by atoms with Crippen LogP contribution in [0.4, 0.5) is 0 Å². The fourth-order valence-corrected chi connectivity index (χ4v) is 3.39. The Balaban J connectivity index is 1.48. The van der Waals surface area contributed by atoms with Gasteiger partial charge in [-0.2, -0.15) is 0 Å². The van der Waals surface area contributed by atoms with Gasteiger partial charge in [-0.1, -0.05) is 60.7 Å². The number of aliphatic hydroxyl groups excluding tert-OH is 1. The molecule has 0 spiro atoms. The van der Waals surface area contributed by atoms with Crippen LogP contribution >= 0.6 is 0 Å². The van der Waals surface area contributed by atoms with Crippen molar-refractivity contribution in [2.45, 2.75) is 12.8 Å². The average molecular weight is 451 g/mol. The van der Waals surface area contributed by atoms with Gasteiger partial charge in [-0.3, -0.25) is 20.3 Å². The van der Waals surface area contributed by atoms with E-state index in [9.17, 15) is 5.11 Å². The number of aromatic nitrogens is 3. The SMILES string of the molecule is NCc1ccc(-c2nc(/C=C\N=C\CNC(O)c3cnccn3)ccc2-c2ccccc2)cc1. The Morgan fingerprint density at radius 1 is 0.971 bits per heavy atom. The Morgan fingerprint density at radius 2 is 1.79 bits per heavy atom. The summed E-state index contributed by atoms with van der Waals surface area (Å²) in [6.45, 7) is 0.881. The maximum atomic E-state index is 10.0. The van der Waals surface area contributed by atoms with Crippen LogP contribution in [-0.2, 0) is 6.54 Å². The maximum Gasteiger partial charge on any atom is 0.149 e. The fourth-order valence-electron chi connectivity index (χ4n) is 3.39. The van der Waals surface area contributed by atoms with E-state index >= 15 is 0 Å². The molecule has 4 rings (SSSR count). The first-order valence-electron chi connectivity index (χ1n) is 11.0. The van der Waals surface area contributed by atoms with E-state index in [1.807, 2.05) is 42.5 Å². The van der Waals surface area contributed by atoms with Crippen molar-refractivity contribution in [3.8, 4) is 22.4 Å². The molecule has 1 unspecified atom stereocenters. The van der Waals surface area contributed by atoms with Gasteiger partial charge in [-0.25, -0.2) is 4.98 Å². The predicted molar refractivity (Wildman–Crippen MR) is 136 cm³/mol. The van der Waals surface area contributed by atoms with Crippen molar-refractivity contribution in [3.05, 3.63) is 108 Å². The monoisotopic (exact) mass is 450 g/mol. The van der Waals surface area contributed by atoms with Crippen molar-refractivity contribution < 1.29 is 5.11 Å². The fraction of sp³-hybridized carbons (Fsp3) is 0.111. The highest BCUT2D eigenvalue weighted by Gasteiger charge is 2.10. The summed E-state index contributed by atoms with van der Waals surface area (Å²) in [5.41, 5.74) is 12.2. The first kappa shape index (κ1) is 23.1. The molecule has 0 bridgehead atoms. The van der Waals surface area contributed by atoms with Crippen LogP contribution in [-0.4, -0.2) is 32.8 Å². The van der Waals surface area contributed by atoms with E-state index in [0.29, 0.717) is 18.8 Å². The number of hydrogen-bond acceptors (Lipinski definition) is 7.